The van der Waals surface area contributed by atoms with Gasteiger partial charge in [-0.3, -0.25) is 13.9 Å². The summed E-state index contributed by atoms with van der Waals surface area (Å²) >= 11 is 3.54. The number of aryl methyl sites for hydroxylation is 2. The fraction of sp³-hybridized carbons (Fsp3) is 0.429. The fourth-order valence-corrected chi connectivity index (χ4v) is 7.22. The molecule has 1 aliphatic rings. The van der Waals surface area contributed by atoms with Crippen LogP contribution in [0.15, 0.2) is 77.3 Å². The van der Waals surface area contributed by atoms with Gasteiger partial charge in [0.05, 0.1) is 11.9 Å². The number of amides is 2. The normalized spacial score (nSPS) is 14.5. The van der Waals surface area contributed by atoms with Crippen molar-refractivity contribution in [2.45, 2.75) is 83.8 Å². The number of sulfonamides is 1. The molecule has 0 saturated heterocycles. The van der Waals surface area contributed by atoms with E-state index in [1.165, 1.54) is 17.0 Å². The molecule has 1 N–H and O–H groups in total. The monoisotopic (exact) mass is 681 g/mol. The minimum atomic E-state index is -3.57. The Bertz CT molecular complexity index is 1520. The highest BCUT2D eigenvalue weighted by molar-refractivity contribution is 9.10. The lowest BCUT2D eigenvalue weighted by Gasteiger charge is -2.34. The summed E-state index contributed by atoms with van der Waals surface area (Å²) in [7, 11) is -3.57. The van der Waals surface area contributed by atoms with Crippen molar-refractivity contribution in [3.63, 3.8) is 0 Å². The topological polar surface area (TPSA) is 86.8 Å². The molecule has 0 unspecified atom stereocenters. The Morgan fingerprint density at radius 2 is 1.61 bits per heavy atom. The number of nitrogens with one attached hydrogen (secondary N) is 1. The zero-order chi connectivity index (χ0) is 31.7. The van der Waals surface area contributed by atoms with E-state index < -0.39 is 16.1 Å². The number of carbonyl (C=O) groups is 2. The first-order chi connectivity index (χ1) is 21.0. The third kappa shape index (κ3) is 9.66. The maximum atomic E-state index is 14.1. The van der Waals surface area contributed by atoms with Crippen molar-refractivity contribution < 1.29 is 18.0 Å². The molecule has 2 amide bonds. The van der Waals surface area contributed by atoms with Gasteiger partial charge in [0, 0.05) is 36.4 Å². The Kier molecular flexibility index (Phi) is 12.0. The zero-order valence-electron chi connectivity index (χ0n) is 26.0. The van der Waals surface area contributed by atoms with Gasteiger partial charge in [-0.25, -0.2) is 8.42 Å². The molecule has 1 aliphatic carbocycles. The van der Waals surface area contributed by atoms with Crippen molar-refractivity contribution in [1.82, 2.24) is 10.2 Å². The SMILES string of the molecule is Cc1ccc(N(CCCC(=O)N(Cc2cccc(Br)c2)[C@@H](Cc2ccccc2)C(=O)NC2CCCCC2)S(C)(=O)=O)cc1C. The molecule has 0 aromatic heterocycles. The summed E-state index contributed by atoms with van der Waals surface area (Å²) in [6.45, 7) is 4.36. The molecular formula is C35H44BrN3O4S. The van der Waals surface area contributed by atoms with Crippen LogP contribution < -0.4 is 9.62 Å². The van der Waals surface area contributed by atoms with Crippen LogP contribution in [-0.4, -0.2) is 50.0 Å². The van der Waals surface area contributed by atoms with E-state index in [1.807, 2.05) is 80.6 Å². The number of hydrogen-bond acceptors (Lipinski definition) is 4. The molecule has 0 radical (unpaired) electrons. The highest BCUT2D eigenvalue weighted by atomic mass is 79.9. The predicted octanol–water partition coefficient (Wildman–Crippen LogP) is 6.70. The average molecular weight is 683 g/mol. The molecule has 236 valence electrons. The van der Waals surface area contributed by atoms with Gasteiger partial charge in [-0.05, 0) is 79.6 Å². The number of anilines is 1. The van der Waals surface area contributed by atoms with Gasteiger partial charge in [-0.1, -0.05) is 83.7 Å². The fourth-order valence-electron chi connectivity index (χ4n) is 5.81. The molecule has 3 aromatic rings. The Morgan fingerprint density at radius 1 is 0.909 bits per heavy atom. The zero-order valence-corrected chi connectivity index (χ0v) is 28.4. The van der Waals surface area contributed by atoms with Crippen molar-refractivity contribution in [2.75, 3.05) is 17.1 Å². The Hall–Kier alpha value is -3.17. The lowest BCUT2D eigenvalue weighted by Crippen LogP contribution is -2.52. The van der Waals surface area contributed by atoms with E-state index >= 15 is 0 Å². The number of halogens is 1. The Balaban J connectivity index is 1.59. The van der Waals surface area contributed by atoms with Gasteiger partial charge in [0.15, 0.2) is 0 Å². The highest BCUT2D eigenvalue weighted by Crippen LogP contribution is 2.24. The smallest absolute Gasteiger partial charge is 0.243 e. The first kappa shape index (κ1) is 33.7. The minimum absolute atomic E-state index is 0.104. The van der Waals surface area contributed by atoms with Gasteiger partial charge >= 0.3 is 0 Å². The summed E-state index contributed by atoms with van der Waals surface area (Å²) in [6.07, 6.45) is 7.25. The van der Waals surface area contributed by atoms with Crippen LogP contribution in [0.3, 0.4) is 0 Å². The van der Waals surface area contributed by atoms with E-state index in [2.05, 4.69) is 21.2 Å². The summed E-state index contributed by atoms with van der Waals surface area (Å²) in [5, 5.41) is 3.27. The van der Waals surface area contributed by atoms with Gasteiger partial charge in [-0.2, -0.15) is 0 Å². The van der Waals surface area contributed by atoms with Gasteiger partial charge in [0.2, 0.25) is 21.8 Å². The van der Waals surface area contributed by atoms with Crippen LogP contribution in [0.4, 0.5) is 5.69 Å². The second-order valence-corrected chi connectivity index (χ2v) is 14.7. The third-order valence-electron chi connectivity index (χ3n) is 8.40. The number of hydrogen-bond donors (Lipinski definition) is 1. The van der Waals surface area contributed by atoms with Crippen LogP contribution in [0.5, 0.6) is 0 Å². The summed E-state index contributed by atoms with van der Waals surface area (Å²) in [5.41, 5.74) is 4.55. The number of nitrogens with zero attached hydrogens (tertiary/aromatic N) is 2. The van der Waals surface area contributed by atoms with E-state index in [0.717, 1.165) is 52.4 Å². The van der Waals surface area contributed by atoms with Gasteiger partial charge < -0.3 is 10.2 Å². The maximum Gasteiger partial charge on any atom is 0.243 e. The lowest BCUT2D eigenvalue weighted by molar-refractivity contribution is -0.141. The van der Waals surface area contributed by atoms with Crippen LogP contribution in [-0.2, 0) is 32.6 Å². The van der Waals surface area contributed by atoms with Crippen molar-refractivity contribution in [3.05, 3.63) is 99.5 Å². The molecule has 1 atom stereocenters. The van der Waals surface area contributed by atoms with Crippen molar-refractivity contribution in [3.8, 4) is 0 Å². The molecule has 3 aromatic carbocycles. The molecule has 7 nitrogen and oxygen atoms in total. The predicted molar refractivity (Wildman–Crippen MR) is 181 cm³/mol. The number of benzene rings is 3. The number of carbonyl (C=O) groups excluding carboxylic acids is 2. The van der Waals surface area contributed by atoms with Crippen LogP contribution >= 0.6 is 15.9 Å². The largest absolute Gasteiger partial charge is 0.352 e. The lowest BCUT2D eigenvalue weighted by atomic mass is 9.94. The number of rotatable bonds is 13. The molecular weight excluding hydrogens is 638 g/mol. The first-order valence-corrected chi connectivity index (χ1v) is 18.1. The summed E-state index contributed by atoms with van der Waals surface area (Å²) in [4.78, 5) is 29.8. The van der Waals surface area contributed by atoms with E-state index in [1.54, 1.807) is 11.0 Å². The molecule has 9 heteroatoms. The van der Waals surface area contributed by atoms with E-state index in [0.29, 0.717) is 18.5 Å². The molecule has 0 bridgehead atoms. The first-order valence-electron chi connectivity index (χ1n) is 15.4. The highest BCUT2D eigenvalue weighted by Gasteiger charge is 2.32. The van der Waals surface area contributed by atoms with Crippen molar-refractivity contribution >= 4 is 43.5 Å². The van der Waals surface area contributed by atoms with E-state index in [-0.39, 0.29) is 37.4 Å². The van der Waals surface area contributed by atoms with Gasteiger partial charge in [0.25, 0.3) is 0 Å². The minimum Gasteiger partial charge on any atom is -0.352 e. The molecule has 44 heavy (non-hydrogen) atoms. The van der Waals surface area contributed by atoms with Gasteiger partial charge in [0.1, 0.15) is 6.04 Å². The summed E-state index contributed by atoms with van der Waals surface area (Å²) < 4.78 is 27.8. The molecule has 0 heterocycles. The van der Waals surface area contributed by atoms with Crippen LogP contribution in [0.25, 0.3) is 0 Å². The molecule has 0 spiro atoms. The molecule has 0 aliphatic heterocycles. The van der Waals surface area contributed by atoms with E-state index in [4.69, 9.17) is 0 Å². The van der Waals surface area contributed by atoms with Gasteiger partial charge in [-0.15, -0.1) is 0 Å². The van der Waals surface area contributed by atoms with E-state index in [9.17, 15) is 18.0 Å². The third-order valence-corrected chi connectivity index (χ3v) is 10.1. The van der Waals surface area contributed by atoms with Crippen molar-refractivity contribution in [1.29, 1.82) is 0 Å². The Morgan fingerprint density at radius 3 is 2.27 bits per heavy atom. The maximum absolute atomic E-state index is 14.1. The molecule has 1 fully saturated rings. The molecule has 1 saturated carbocycles. The van der Waals surface area contributed by atoms with Crippen LogP contribution in [0.1, 0.15) is 67.2 Å². The average Bonchev–Trinajstić information content (AvgIpc) is 2.99. The molecule has 4 rings (SSSR count). The quantitative estimate of drug-likeness (QED) is 0.218. The van der Waals surface area contributed by atoms with Crippen LogP contribution in [0, 0.1) is 13.8 Å². The standard InChI is InChI=1S/C35H44BrN3O4S/c1-26-19-20-32(22-27(26)2)39(44(3,42)43)21-11-18-34(40)38(25-29-14-10-15-30(36)23-29)33(24-28-12-6-4-7-13-28)35(41)37-31-16-8-5-9-17-31/h4,6-7,10,12-15,19-20,22-23,31,33H,5,8-9,11,16-18,21,24-25H2,1-3H3,(H,37,41)/t33-/m0/s1. The second kappa shape index (κ2) is 15.7. The van der Waals surface area contributed by atoms with Crippen LogP contribution in [0.2, 0.25) is 0 Å². The Labute approximate surface area is 271 Å². The summed E-state index contributed by atoms with van der Waals surface area (Å²) in [6, 6.07) is 22.5. The van der Waals surface area contributed by atoms with Crippen molar-refractivity contribution in [2.24, 2.45) is 0 Å². The second-order valence-electron chi connectivity index (χ2n) is 11.9. The summed E-state index contributed by atoms with van der Waals surface area (Å²) in [5.74, 6) is -0.324.